The van der Waals surface area contributed by atoms with Crippen LogP contribution >= 0.6 is 23.5 Å². The maximum atomic E-state index is 13.6. The van der Waals surface area contributed by atoms with Crippen molar-refractivity contribution in [2.24, 2.45) is 0 Å². The fourth-order valence-corrected chi connectivity index (χ4v) is 8.14. The Morgan fingerprint density at radius 1 is 0.736 bits per heavy atom. The first-order valence-corrected chi connectivity index (χ1v) is 19.1. The van der Waals surface area contributed by atoms with Gasteiger partial charge in [-0.3, -0.25) is 39.4 Å². The van der Waals surface area contributed by atoms with Crippen LogP contribution in [0.3, 0.4) is 0 Å². The van der Waals surface area contributed by atoms with E-state index in [1.165, 1.54) is 4.90 Å². The van der Waals surface area contributed by atoms with Crippen LogP contribution in [0.15, 0.2) is 85.2 Å². The summed E-state index contributed by atoms with van der Waals surface area (Å²) in [7, 11) is 0. The van der Waals surface area contributed by atoms with E-state index in [9.17, 15) is 24.3 Å². The highest BCUT2D eigenvalue weighted by atomic mass is 32.2. The molecule has 2 aromatic carbocycles. The lowest BCUT2D eigenvalue weighted by Crippen LogP contribution is -2.38. The van der Waals surface area contributed by atoms with Crippen LogP contribution in [-0.2, 0) is 35.4 Å². The summed E-state index contributed by atoms with van der Waals surface area (Å²) in [5.74, 6) is 0.709. The Morgan fingerprint density at radius 2 is 1.28 bits per heavy atom. The number of imide groups is 2. The molecule has 4 amide bonds. The lowest BCUT2D eigenvalue weighted by molar-refractivity contribution is -0.129. The Hall–Kier alpha value is -4.72. The molecule has 4 atom stereocenters. The Balaban J connectivity index is 0.970. The molecular weight excluding hydrogens is 713 g/mol. The van der Waals surface area contributed by atoms with Crippen LogP contribution in [0.1, 0.15) is 73.4 Å². The SMILES string of the molecule is CCc1ccc(C(O)COc2ccc(CC3(C)SC(=O)N(Cc4ccc(C(C)COc5ccc(CC6(C)SC(=O)NC6=O)cc5)nc4)C3=O)cc2)nc1. The lowest BCUT2D eigenvalue weighted by Gasteiger charge is -2.21. The van der Waals surface area contributed by atoms with E-state index in [0.717, 1.165) is 57.9 Å². The molecule has 2 aliphatic rings. The average molecular weight is 755 g/mol. The van der Waals surface area contributed by atoms with Crippen molar-refractivity contribution in [3.8, 4) is 11.5 Å². The van der Waals surface area contributed by atoms with Crippen molar-refractivity contribution in [3.05, 3.63) is 119 Å². The van der Waals surface area contributed by atoms with Gasteiger partial charge >= 0.3 is 0 Å². The van der Waals surface area contributed by atoms with Crippen LogP contribution in [0.4, 0.5) is 9.59 Å². The highest BCUT2D eigenvalue weighted by molar-refractivity contribution is 8.16. The second-order valence-corrected chi connectivity index (χ2v) is 16.7. The number of hydrogen-bond donors (Lipinski definition) is 2. The number of aromatic nitrogens is 2. The number of carbonyl (C=O) groups is 4. The summed E-state index contributed by atoms with van der Waals surface area (Å²) in [6.07, 6.45) is 4.26. The molecule has 0 radical (unpaired) electrons. The molecule has 0 spiro atoms. The van der Waals surface area contributed by atoms with E-state index in [0.29, 0.717) is 36.6 Å². The molecule has 2 N–H and O–H groups in total. The fraction of sp³-hybridized carbons (Fsp3) is 0.350. The van der Waals surface area contributed by atoms with Gasteiger partial charge in [0.1, 0.15) is 33.7 Å². The molecule has 0 saturated carbocycles. The molecule has 0 bridgehead atoms. The van der Waals surface area contributed by atoms with Crippen molar-refractivity contribution in [3.63, 3.8) is 0 Å². The summed E-state index contributed by atoms with van der Waals surface area (Å²) >= 11 is 2.05. The van der Waals surface area contributed by atoms with Crippen LogP contribution in [-0.4, -0.2) is 65.0 Å². The predicted octanol–water partition coefficient (Wildman–Crippen LogP) is 6.81. The molecule has 2 fully saturated rings. The molecule has 4 aromatic rings. The van der Waals surface area contributed by atoms with E-state index in [1.54, 1.807) is 44.4 Å². The van der Waals surface area contributed by atoms with E-state index in [-0.39, 0.29) is 41.4 Å². The largest absolute Gasteiger partial charge is 0.493 e. The summed E-state index contributed by atoms with van der Waals surface area (Å²) in [6, 6.07) is 22.3. The Labute approximate surface area is 317 Å². The Bertz CT molecular complexity index is 1960. The first-order chi connectivity index (χ1) is 25.3. The van der Waals surface area contributed by atoms with Gasteiger partial charge in [0.05, 0.1) is 18.8 Å². The third-order valence-electron chi connectivity index (χ3n) is 9.37. The van der Waals surface area contributed by atoms with Gasteiger partial charge in [-0.25, -0.2) is 0 Å². The second kappa shape index (κ2) is 16.1. The van der Waals surface area contributed by atoms with Gasteiger partial charge < -0.3 is 14.6 Å². The van der Waals surface area contributed by atoms with Gasteiger partial charge in [-0.1, -0.05) is 50.2 Å². The van der Waals surface area contributed by atoms with Crippen molar-refractivity contribution >= 4 is 45.8 Å². The van der Waals surface area contributed by atoms with E-state index >= 15 is 0 Å². The number of carbonyl (C=O) groups excluding carboxylic acids is 4. The minimum atomic E-state index is -0.954. The zero-order valence-corrected chi connectivity index (χ0v) is 31.7. The van der Waals surface area contributed by atoms with Gasteiger partial charge in [-0.05, 0) is 115 Å². The number of aliphatic hydroxyl groups is 1. The number of rotatable bonds is 15. The number of benzene rings is 2. The number of thioether (sulfide) groups is 2. The first-order valence-electron chi connectivity index (χ1n) is 17.4. The molecule has 4 heterocycles. The smallest absolute Gasteiger partial charge is 0.289 e. The van der Waals surface area contributed by atoms with Crippen LogP contribution < -0.4 is 14.8 Å². The highest BCUT2D eigenvalue weighted by Crippen LogP contribution is 2.41. The normalized spacial score (nSPS) is 21.1. The number of ether oxygens (including phenoxy) is 2. The van der Waals surface area contributed by atoms with Crippen LogP contribution in [0.25, 0.3) is 0 Å². The van der Waals surface area contributed by atoms with Crippen LogP contribution in [0.2, 0.25) is 0 Å². The van der Waals surface area contributed by atoms with Gasteiger partial charge in [-0.2, -0.15) is 0 Å². The van der Waals surface area contributed by atoms with Gasteiger partial charge in [0, 0.05) is 24.0 Å². The molecule has 11 nitrogen and oxygen atoms in total. The topological polar surface area (TPSA) is 148 Å². The molecule has 2 aliphatic heterocycles. The van der Waals surface area contributed by atoms with E-state index in [4.69, 9.17) is 9.47 Å². The van der Waals surface area contributed by atoms with Crippen LogP contribution in [0, 0.1) is 0 Å². The number of nitrogens with zero attached hydrogens (tertiary/aromatic N) is 3. The molecule has 6 rings (SSSR count). The zero-order valence-electron chi connectivity index (χ0n) is 30.0. The molecule has 13 heteroatoms. The van der Waals surface area contributed by atoms with Gasteiger partial charge in [-0.15, -0.1) is 0 Å². The summed E-state index contributed by atoms with van der Waals surface area (Å²) < 4.78 is 10.0. The highest BCUT2D eigenvalue weighted by Gasteiger charge is 2.49. The predicted molar refractivity (Wildman–Crippen MR) is 204 cm³/mol. The quantitative estimate of drug-likeness (QED) is 0.132. The maximum Gasteiger partial charge on any atom is 0.289 e. The van der Waals surface area contributed by atoms with E-state index < -0.39 is 15.6 Å². The molecular formula is C40H42N4O7S2. The number of hydrogen-bond acceptors (Lipinski definition) is 11. The molecule has 2 aromatic heterocycles. The van der Waals surface area contributed by atoms with Gasteiger partial charge in [0.25, 0.3) is 10.5 Å². The van der Waals surface area contributed by atoms with E-state index in [2.05, 4.69) is 15.3 Å². The zero-order chi connectivity index (χ0) is 37.8. The van der Waals surface area contributed by atoms with Gasteiger partial charge in [0.15, 0.2) is 0 Å². The summed E-state index contributed by atoms with van der Waals surface area (Å²) in [5, 5.41) is 12.2. The minimum absolute atomic E-state index is 0.0297. The number of aryl methyl sites for hydroxylation is 1. The molecule has 53 heavy (non-hydrogen) atoms. The summed E-state index contributed by atoms with van der Waals surface area (Å²) in [6.45, 7) is 8.18. The second-order valence-electron chi connectivity index (χ2n) is 13.8. The minimum Gasteiger partial charge on any atom is -0.493 e. The number of amides is 4. The summed E-state index contributed by atoms with van der Waals surface area (Å²) in [4.78, 5) is 60.6. The lowest BCUT2D eigenvalue weighted by atomic mass is 9.98. The van der Waals surface area contributed by atoms with Crippen LogP contribution in [0.5, 0.6) is 11.5 Å². The number of nitrogens with one attached hydrogen (secondary N) is 1. The monoisotopic (exact) mass is 754 g/mol. The number of pyridine rings is 2. The van der Waals surface area contributed by atoms with Crippen molar-refractivity contribution in [1.29, 1.82) is 0 Å². The third-order valence-corrected chi connectivity index (χ3v) is 11.6. The molecule has 276 valence electrons. The Kier molecular flexibility index (Phi) is 11.6. The standard InChI is InChI=1S/C40H42N4O7S2/c1-5-26-10-17-33(42-20-26)34(45)24-51-31-14-8-28(9-15-31)19-40(4)36(47)44(38(49)53-40)22-29-11-16-32(41-21-29)25(2)23-50-30-12-6-27(7-13-30)18-39(3)35(46)43-37(48)52-39/h6-17,20-21,25,34,45H,5,18-19,22-24H2,1-4H3,(H,43,46,48). The van der Waals surface area contributed by atoms with Crippen molar-refractivity contribution in [1.82, 2.24) is 20.2 Å². The summed E-state index contributed by atoms with van der Waals surface area (Å²) in [5.41, 5.74) is 5.02. The Morgan fingerprint density at radius 3 is 1.83 bits per heavy atom. The van der Waals surface area contributed by atoms with E-state index in [1.807, 2.05) is 68.4 Å². The average Bonchev–Trinajstić information content (AvgIpc) is 3.53. The molecule has 0 aliphatic carbocycles. The van der Waals surface area contributed by atoms with Gasteiger partial charge in [0.2, 0.25) is 11.8 Å². The first kappa shape index (κ1) is 38.0. The molecule has 2 saturated heterocycles. The maximum absolute atomic E-state index is 13.6. The molecule has 4 unspecified atom stereocenters. The van der Waals surface area contributed by atoms with Crippen molar-refractivity contribution in [2.45, 2.75) is 75.0 Å². The number of aliphatic hydroxyl groups excluding tert-OH is 1. The van der Waals surface area contributed by atoms with Crippen molar-refractivity contribution < 1.29 is 33.8 Å². The third kappa shape index (κ3) is 9.09. The fourth-order valence-electron chi connectivity index (χ4n) is 6.12. The van der Waals surface area contributed by atoms with Crippen molar-refractivity contribution in [2.75, 3.05) is 13.2 Å².